The van der Waals surface area contributed by atoms with Gasteiger partial charge in [-0.1, -0.05) is 46.9 Å². The Labute approximate surface area is 167 Å². The maximum Gasteiger partial charge on any atom is 0.297 e. The Morgan fingerprint density at radius 2 is 1.85 bits per heavy atom. The first-order chi connectivity index (χ1) is 12.9. The van der Waals surface area contributed by atoms with Gasteiger partial charge in [-0.2, -0.15) is 0 Å². The maximum atomic E-state index is 12.6. The van der Waals surface area contributed by atoms with E-state index >= 15 is 0 Å². The van der Waals surface area contributed by atoms with E-state index in [4.69, 9.17) is 39.2 Å². The first-order valence-corrected chi connectivity index (χ1v) is 8.88. The molecule has 27 heavy (non-hydrogen) atoms. The first-order valence-electron chi connectivity index (χ1n) is 7.75. The number of aromatic nitrogens is 2. The van der Waals surface area contributed by atoms with E-state index in [-0.39, 0.29) is 27.2 Å². The van der Waals surface area contributed by atoms with Crippen molar-refractivity contribution in [1.29, 1.82) is 0 Å². The zero-order valence-electron chi connectivity index (χ0n) is 13.5. The summed E-state index contributed by atoms with van der Waals surface area (Å²) in [5.41, 5.74) is 0.953. The van der Waals surface area contributed by atoms with Crippen LogP contribution in [0.5, 0.6) is 0 Å². The summed E-state index contributed by atoms with van der Waals surface area (Å²) in [6, 6.07) is 10.1. The molecule has 0 aliphatic carbocycles. The van der Waals surface area contributed by atoms with Gasteiger partial charge in [-0.3, -0.25) is 14.2 Å². The molecule has 2 aromatic heterocycles. The lowest BCUT2D eigenvalue weighted by Crippen LogP contribution is -2.27. The summed E-state index contributed by atoms with van der Waals surface area (Å²) in [7, 11) is 0. The van der Waals surface area contributed by atoms with Gasteiger partial charge in [0.25, 0.3) is 5.56 Å². The number of rotatable bonds is 3. The number of carbonyl (C=O) groups excluding carboxylic acids is 1. The number of halogens is 3. The van der Waals surface area contributed by atoms with Crippen LogP contribution in [0.25, 0.3) is 22.1 Å². The topological polar surface area (TPSA) is 77.1 Å². The predicted octanol–water partition coefficient (Wildman–Crippen LogP) is 4.74. The largest absolute Gasteiger partial charge is 0.448 e. The zero-order valence-corrected chi connectivity index (χ0v) is 15.8. The molecule has 2 heterocycles. The Kier molecular flexibility index (Phi) is 4.55. The molecule has 0 radical (unpaired) electrons. The van der Waals surface area contributed by atoms with Crippen molar-refractivity contribution >= 4 is 68.5 Å². The van der Waals surface area contributed by atoms with Crippen LogP contribution in [-0.2, 0) is 11.3 Å². The number of benzene rings is 2. The minimum absolute atomic E-state index is 0.0964. The standard InChI is InChI=1S/C18H10Cl3N3O3/c19-10-5-12(21)13(6-11(10)20)23-15(25)7-24-8-22-16-9-3-1-2-4-14(9)27-17(16)18(24)26/h1-6,8H,7H2,(H,23,25). The second-order valence-corrected chi connectivity index (χ2v) is 6.97. The van der Waals surface area contributed by atoms with Crippen LogP contribution < -0.4 is 10.9 Å². The van der Waals surface area contributed by atoms with Gasteiger partial charge in [-0.15, -0.1) is 0 Å². The lowest BCUT2D eigenvalue weighted by atomic mass is 10.2. The molecule has 1 N–H and O–H groups in total. The summed E-state index contributed by atoms with van der Waals surface area (Å²) >= 11 is 17.9. The van der Waals surface area contributed by atoms with E-state index in [0.717, 1.165) is 9.95 Å². The van der Waals surface area contributed by atoms with Crippen LogP contribution in [0.2, 0.25) is 15.1 Å². The average molecular weight is 423 g/mol. The number of carbonyl (C=O) groups is 1. The highest BCUT2D eigenvalue weighted by Gasteiger charge is 2.15. The molecule has 9 heteroatoms. The number of hydrogen-bond acceptors (Lipinski definition) is 4. The lowest BCUT2D eigenvalue weighted by Gasteiger charge is -2.09. The van der Waals surface area contributed by atoms with Crippen LogP contribution in [0.4, 0.5) is 5.69 Å². The van der Waals surface area contributed by atoms with E-state index in [1.807, 2.05) is 12.1 Å². The van der Waals surface area contributed by atoms with Crippen LogP contribution in [0, 0.1) is 0 Å². The molecule has 0 bridgehead atoms. The number of amides is 1. The highest BCUT2D eigenvalue weighted by atomic mass is 35.5. The Morgan fingerprint density at radius 1 is 1.11 bits per heavy atom. The Balaban J connectivity index is 1.64. The third-order valence-corrected chi connectivity index (χ3v) is 4.98. The van der Waals surface area contributed by atoms with Crippen LogP contribution in [0.3, 0.4) is 0 Å². The monoisotopic (exact) mass is 421 g/mol. The van der Waals surface area contributed by atoms with Gasteiger partial charge >= 0.3 is 0 Å². The van der Waals surface area contributed by atoms with Gasteiger partial charge in [0.1, 0.15) is 17.6 Å². The summed E-state index contributed by atoms with van der Waals surface area (Å²) in [4.78, 5) is 29.2. The number of hydrogen-bond donors (Lipinski definition) is 1. The van der Waals surface area contributed by atoms with Crippen LogP contribution in [0.15, 0.2) is 51.9 Å². The highest BCUT2D eigenvalue weighted by Crippen LogP contribution is 2.32. The molecule has 0 saturated carbocycles. The minimum atomic E-state index is -0.477. The lowest BCUT2D eigenvalue weighted by molar-refractivity contribution is -0.116. The van der Waals surface area contributed by atoms with Crippen molar-refractivity contribution in [3.63, 3.8) is 0 Å². The third-order valence-electron chi connectivity index (χ3n) is 3.95. The van der Waals surface area contributed by atoms with Crippen LogP contribution >= 0.6 is 34.8 Å². The fraction of sp³-hybridized carbons (Fsp3) is 0.0556. The van der Waals surface area contributed by atoms with Gasteiger partial charge in [0.05, 0.1) is 27.1 Å². The average Bonchev–Trinajstić information content (AvgIpc) is 3.01. The van der Waals surface area contributed by atoms with E-state index in [1.54, 1.807) is 12.1 Å². The Hall–Kier alpha value is -2.54. The van der Waals surface area contributed by atoms with Crippen molar-refractivity contribution in [1.82, 2.24) is 9.55 Å². The second kappa shape index (κ2) is 6.88. The molecule has 0 unspecified atom stereocenters. The van der Waals surface area contributed by atoms with Crippen molar-refractivity contribution in [2.45, 2.75) is 6.54 Å². The second-order valence-electron chi connectivity index (χ2n) is 5.75. The van der Waals surface area contributed by atoms with E-state index < -0.39 is 11.5 Å². The molecule has 0 spiro atoms. The van der Waals surface area contributed by atoms with Gasteiger partial charge in [0, 0.05) is 5.39 Å². The fourth-order valence-electron chi connectivity index (χ4n) is 2.69. The van der Waals surface area contributed by atoms with Crippen molar-refractivity contribution in [3.8, 4) is 0 Å². The first kappa shape index (κ1) is 17.9. The molecule has 6 nitrogen and oxygen atoms in total. The quantitative estimate of drug-likeness (QED) is 0.484. The smallest absolute Gasteiger partial charge is 0.297 e. The maximum absolute atomic E-state index is 12.6. The number of furan rings is 1. The summed E-state index contributed by atoms with van der Waals surface area (Å²) < 4.78 is 6.75. The van der Waals surface area contributed by atoms with Crippen molar-refractivity contribution in [2.75, 3.05) is 5.32 Å². The predicted molar refractivity (Wildman–Crippen MR) is 106 cm³/mol. The van der Waals surface area contributed by atoms with Crippen LogP contribution in [-0.4, -0.2) is 15.5 Å². The molecular formula is C18H10Cl3N3O3. The SMILES string of the molecule is O=C(Cn1cnc2c(oc3ccccc32)c1=O)Nc1cc(Cl)c(Cl)cc1Cl. The van der Waals surface area contributed by atoms with Crippen molar-refractivity contribution in [3.05, 3.63) is 68.1 Å². The van der Waals surface area contributed by atoms with Crippen molar-refractivity contribution in [2.24, 2.45) is 0 Å². The fourth-order valence-corrected chi connectivity index (χ4v) is 3.28. The highest BCUT2D eigenvalue weighted by molar-refractivity contribution is 6.44. The number of nitrogens with one attached hydrogen (secondary N) is 1. The summed E-state index contributed by atoms with van der Waals surface area (Å²) in [6.45, 7) is -0.268. The van der Waals surface area contributed by atoms with E-state index in [0.29, 0.717) is 16.8 Å². The number of para-hydroxylation sites is 1. The zero-order chi connectivity index (χ0) is 19.1. The molecule has 2 aromatic carbocycles. The molecule has 0 aliphatic heterocycles. The van der Waals surface area contributed by atoms with Crippen molar-refractivity contribution < 1.29 is 9.21 Å². The molecular weight excluding hydrogens is 413 g/mol. The van der Waals surface area contributed by atoms with E-state index in [9.17, 15) is 9.59 Å². The van der Waals surface area contributed by atoms with Gasteiger partial charge in [0.15, 0.2) is 0 Å². The molecule has 136 valence electrons. The van der Waals surface area contributed by atoms with E-state index in [1.165, 1.54) is 18.5 Å². The van der Waals surface area contributed by atoms with Gasteiger partial charge < -0.3 is 9.73 Å². The number of nitrogens with zero attached hydrogens (tertiary/aromatic N) is 2. The molecule has 4 rings (SSSR count). The van der Waals surface area contributed by atoms with Gasteiger partial charge in [-0.05, 0) is 24.3 Å². The number of fused-ring (bicyclic) bond motifs is 3. The Bertz CT molecular complexity index is 1260. The van der Waals surface area contributed by atoms with Gasteiger partial charge in [-0.25, -0.2) is 4.98 Å². The minimum Gasteiger partial charge on any atom is -0.448 e. The number of anilines is 1. The third kappa shape index (κ3) is 3.27. The Morgan fingerprint density at radius 3 is 2.67 bits per heavy atom. The molecule has 0 atom stereocenters. The molecule has 4 aromatic rings. The molecule has 1 amide bonds. The van der Waals surface area contributed by atoms with Gasteiger partial charge in [0.2, 0.25) is 11.5 Å². The molecule has 0 saturated heterocycles. The summed E-state index contributed by atoms with van der Waals surface area (Å²) in [5.74, 6) is -0.477. The summed E-state index contributed by atoms with van der Waals surface area (Å²) in [6.07, 6.45) is 1.31. The summed E-state index contributed by atoms with van der Waals surface area (Å²) in [5, 5.41) is 4.09. The molecule has 0 fully saturated rings. The normalized spacial score (nSPS) is 11.2. The van der Waals surface area contributed by atoms with E-state index in [2.05, 4.69) is 10.3 Å². The van der Waals surface area contributed by atoms with Crippen LogP contribution in [0.1, 0.15) is 0 Å². The molecule has 0 aliphatic rings.